The number of β-amino-alcohol motifs (C(OH)–C–C–N with tert-alkyl or cyclic N) is 1. The first-order valence-electron chi connectivity index (χ1n) is 13.8. The van der Waals surface area contributed by atoms with Crippen molar-refractivity contribution in [2.75, 3.05) is 26.2 Å². The standard InChI is InChI=1S/C30H34BrF2N3O6/c1-2-42-27(40)12-19(18-8-21(13-22(31)9-18)30(3-4-30)29(32)33)10-24(38)14-36-28(41)20-5-17(6-23(37)11-20)7-26-34-15-25(39)16-35-26/h5-6,8-9,11,13,19,25,29,37,39H,2-4,7,10,12,14-16H2,1H3,(H,34,35)(H,36,41)/t19-/m0/s1. The van der Waals surface area contributed by atoms with Crippen molar-refractivity contribution in [1.82, 2.24) is 10.6 Å². The molecular weight excluding hydrogens is 616 g/mol. The molecule has 2 atom stereocenters. The largest absolute Gasteiger partial charge is 0.508 e. The minimum absolute atomic E-state index is 0.126. The number of rotatable bonds is 13. The normalized spacial score (nSPS) is 18.0. The van der Waals surface area contributed by atoms with Crippen molar-refractivity contribution in [1.29, 1.82) is 0 Å². The number of Topliss-reactive ketones (excluding diaryl/α,β-unsaturated/α-hetero) is 1. The van der Waals surface area contributed by atoms with Gasteiger partial charge in [0.25, 0.3) is 5.91 Å². The molecule has 1 aliphatic heterocycles. The number of esters is 1. The van der Waals surface area contributed by atoms with Gasteiger partial charge >= 0.3 is 5.97 Å². The van der Waals surface area contributed by atoms with E-state index in [1.54, 1.807) is 31.2 Å². The first-order valence-corrected chi connectivity index (χ1v) is 14.6. The van der Waals surface area contributed by atoms with Gasteiger partial charge in [-0.05, 0) is 66.8 Å². The van der Waals surface area contributed by atoms with Crippen molar-refractivity contribution in [3.05, 3.63) is 63.1 Å². The number of carbonyl (C=O) groups excluding carboxylic acids is 3. The lowest BCUT2D eigenvalue weighted by atomic mass is 9.86. The molecule has 226 valence electrons. The molecule has 1 saturated carbocycles. The second-order valence-corrected chi connectivity index (χ2v) is 11.7. The van der Waals surface area contributed by atoms with Crippen LogP contribution < -0.4 is 10.6 Å². The molecule has 1 amide bonds. The Bertz CT molecular complexity index is 1360. The Balaban J connectivity index is 1.44. The van der Waals surface area contributed by atoms with E-state index in [1.807, 2.05) is 0 Å². The fraction of sp³-hybridized carbons (Fsp3) is 0.467. The number of hydrogen-bond acceptors (Lipinski definition) is 8. The van der Waals surface area contributed by atoms with E-state index < -0.39 is 35.7 Å². The summed E-state index contributed by atoms with van der Waals surface area (Å²) in [6.07, 6.45) is -2.31. The molecule has 0 saturated heterocycles. The van der Waals surface area contributed by atoms with Crippen LogP contribution in [0.3, 0.4) is 0 Å². The highest BCUT2D eigenvalue weighted by molar-refractivity contribution is 9.10. The van der Waals surface area contributed by atoms with Crippen LogP contribution in [0, 0.1) is 0 Å². The molecule has 1 fully saturated rings. The second kappa shape index (κ2) is 13.7. The molecule has 0 spiro atoms. The second-order valence-electron chi connectivity index (χ2n) is 10.7. The number of nitrogens with one attached hydrogen (secondary N) is 2. The van der Waals surface area contributed by atoms with Gasteiger partial charge in [0.2, 0.25) is 6.43 Å². The summed E-state index contributed by atoms with van der Waals surface area (Å²) in [5.41, 5.74) is 0.568. The number of amidine groups is 1. The summed E-state index contributed by atoms with van der Waals surface area (Å²) in [6, 6.07) is 9.37. The minimum atomic E-state index is -2.53. The van der Waals surface area contributed by atoms with Crippen molar-refractivity contribution in [2.45, 2.75) is 62.9 Å². The van der Waals surface area contributed by atoms with E-state index >= 15 is 0 Å². The van der Waals surface area contributed by atoms with Gasteiger partial charge in [-0.1, -0.05) is 22.0 Å². The van der Waals surface area contributed by atoms with Gasteiger partial charge < -0.3 is 25.6 Å². The number of aliphatic hydroxyl groups is 1. The van der Waals surface area contributed by atoms with Crippen molar-refractivity contribution >= 4 is 39.4 Å². The number of alkyl halides is 2. The van der Waals surface area contributed by atoms with Crippen molar-refractivity contribution in [3.63, 3.8) is 0 Å². The Morgan fingerprint density at radius 2 is 1.93 bits per heavy atom. The molecule has 0 bridgehead atoms. The summed E-state index contributed by atoms with van der Waals surface area (Å²) in [4.78, 5) is 42.5. The first-order chi connectivity index (χ1) is 20.0. The molecule has 0 aromatic heterocycles. The maximum absolute atomic E-state index is 13.8. The lowest BCUT2D eigenvalue weighted by Gasteiger charge is -2.21. The number of benzene rings is 2. The molecule has 1 unspecified atom stereocenters. The van der Waals surface area contributed by atoms with Gasteiger partial charge in [0.05, 0.1) is 37.6 Å². The van der Waals surface area contributed by atoms with E-state index in [0.717, 1.165) is 0 Å². The van der Waals surface area contributed by atoms with E-state index in [0.29, 0.717) is 52.8 Å². The SMILES string of the molecule is CCOC(=O)C[C@H](CC(=O)CNC(=O)c1cc(O)cc(CC2=NCC(O)CN2)c1)c1cc(Br)cc(C2(C(F)F)CC2)c1. The Labute approximate surface area is 250 Å². The zero-order valence-electron chi connectivity index (χ0n) is 23.2. The highest BCUT2D eigenvalue weighted by atomic mass is 79.9. The fourth-order valence-corrected chi connectivity index (χ4v) is 5.56. The van der Waals surface area contributed by atoms with Gasteiger partial charge in [0.15, 0.2) is 5.78 Å². The third kappa shape index (κ3) is 8.13. The lowest BCUT2D eigenvalue weighted by molar-refractivity contribution is -0.143. The maximum atomic E-state index is 13.8. The zero-order chi connectivity index (χ0) is 30.4. The summed E-state index contributed by atoms with van der Waals surface area (Å²) in [5.74, 6) is -1.61. The predicted octanol–water partition coefficient (Wildman–Crippen LogP) is 3.78. The lowest BCUT2D eigenvalue weighted by Crippen LogP contribution is -2.39. The van der Waals surface area contributed by atoms with Gasteiger partial charge in [0, 0.05) is 35.3 Å². The van der Waals surface area contributed by atoms with Crippen molar-refractivity contribution < 1.29 is 38.1 Å². The number of hydrogen-bond donors (Lipinski definition) is 4. The van der Waals surface area contributed by atoms with Crippen LogP contribution in [-0.2, 0) is 26.2 Å². The molecule has 42 heavy (non-hydrogen) atoms. The number of aliphatic hydroxyl groups excluding tert-OH is 1. The Morgan fingerprint density at radius 3 is 2.57 bits per heavy atom. The van der Waals surface area contributed by atoms with E-state index in [4.69, 9.17) is 4.74 Å². The van der Waals surface area contributed by atoms with Crippen LogP contribution in [0.4, 0.5) is 8.78 Å². The number of ketones is 1. The molecule has 1 aliphatic carbocycles. The van der Waals surface area contributed by atoms with Crippen LogP contribution >= 0.6 is 15.9 Å². The molecule has 9 nitrogen and oxygen atoms in total. The maximum Gasteiger partial charge on any atom is 0.306 e. The molecule has 2 aromatic carbocycles. The van der Waals surface area contributed by atoms with Gasteiger partial charge in [-0.3, -0.25) is 19.4 Å². The van der Waals surface area contributed by atoms with Crippen LogP contribution in [0.25, 0.3) is 0 Å². The molecule has 12 heteroatoms. The molecule has 1 heterocycles. The number of nitrogens with zero attached hydrogens (tertiary/aromatic N) is 1. The van der Waals surface area contributed by atoms with Crippen LogP contribution in [0.5, 0.6) is 5.75 Å². The molecular formula is C30H34BrF2N3O6. The quantitative estimate of drug-likeness (QED) is 0.242. The summed E-state index contributed by atoms with van der Waals surface area (Å²) in [6.45, 7) is 2.11. The number of carbonyl (C=O) groups is 3. The molecule has 4 N–H and O–H groups in total. The number of aromatic hydroxyl groups is 1. The Morgan fingerprint density at radius 1 is 1.17 bits per heavy atom. The third-order valence-electron chi connectivity index (χ3n) is 7.46. The van der Waals surface area contributed by atoms with Crippen molar-refractivity contribution in [2.24, 2.45) is 4.99 Å². The van der Waals surface area contributed by atoms with Gasteiger partial charge in [-0.15, -0.1) is 0 Å². The van der Waals surface area contributed by atoms with Gasteiger partial charge in [-0.2, -0.15) is 0 Å². The van der Waals surface area contributed by atoms with E-state index in [1.165, 1.54) is 12.1 Å². The van der Waals surface area contributed by atoms with Crippen LogP contribution in [0.15, 0.2) is 45.9 Å². The van der Waals surface area contributed by atoms with E-state index in [9.17, 15) is 33.4 Å². The average Bonchev–Trinajstić information content (AvgIpc) is 3.75. The smallest absolute Gasteiger partial charge is 0.306 e. The Hall–Kier alpha value is -3.38. The zero-order valence-corrected chi connectivity index (χ0v) is 24.8. The molecule has 2 aromatic rings. The van der Waals surface area contributed by atoms with E-state index in [-0.39, 0.29) is 49.6 Å². The first kappa shape index (κ1) is 31.6. The monoisotopic (exact) mass is 649 g/mol. The average molecular weight is 651 g/mol. The molecule has 0 radical (unpaired) electrons. The van der Waals surface area contributed by atoms with Crippen LogP contribution in [0.2, 0.25) is 0 Å². The summed E-state index contributed by atoms with van der Waals surface area (Å²) < 4.78 is 33.3. The number of phenolic OH excluding ortho intramolecular Hbond substituents is 1. The number of phenols is 1. The number of halogens is 3. The van der Waals surface area contributed by atoms with E-state index in [2.05, 4.69) is 31.6 Å². The summed E-state index contributed by atoms with van der Waals surface area (Å²) in [7, 11) is 0. The highest BCUT2D eigenvalue weighted by Crippen LogP contribution is 2.53. The third-order valence-corrected chi connectivity index (χ3v) is 7.92. The highest BCUT2D eigenvalue weighted by Gasteiger charge is 2.52. The number of ether oxygens (including phenoxy) is 1. The minimum Gasteiger partial charge on any atom is -0.508 e. The van der Waals surface area contributed by atoms with Crippen LogP contribution in [0.1, 0.15) is 65.6 Å². The predicted molar refractivity (Wildman–Crippen MR) is 155 cm³/mol. The molecule has 4 rings (SSSR count). The molecule has 2 aliphatic rings. The Kier molecular flexibility index (Phi) is 10.3. The van der Waals surface area contributed by atoms with Crippen molar-refractivity contribution in [3.8, 4) is 5.75 Å². The topological polar surface area (TPSA) is 137 Å². The van der Waals surface area contributed by atoms with Crippen LogP contribution in [-0.4, -0.2) is 72.5 Å². The van der Waals surface area contributed by atoms with Gasteiger partial charge in [0.1, 0.15) is 11.6 Å². The van der Waals surface area contributed by atoms with Gasteiger partial charge in [-0.25, -0.2) is 8.78 Å². The number of amides is 1. The fourth-order valence-electron chi connectivity index (χ4n) is 5.05. The number of aliphatic imine (C=N–C) groups is 1. The summed E-state index contributed by atoms with van der Waals surface area (Å²) >= 11 is 3.39. The summed E-state index contributed by atoms with van der Waals surface area (Å²) in [5, 5.41) is 25.3.